The normalized spacial score (nSPS) is 12.1. The van der Waals surface area contributed by atoms with Crippen LogP contribution < -0.4 is 36.6 Å². The smallest absolute Gasteiger partial charge is 0.143 e. The Morgan fingerprint density at radius 3 is 1.00 bits per heavy atom. The topological polar surface area (TPSA) is 9.23 Å². The standard InChI is InChI=1S/C38H28OP2/c1-28-33-24-14-26-35(40(29-16-6-2-7-17-29)30-18-8-3-9-19-30)37(33)39-38-34(28)25-15-27-36(38)41(31-20-10-4-11-21-31)32-22-12-5-13-23-32/h2-27H,1H2. The van der Waals surface area contributed by atoms with E-state index in [0.29, 0.717) is 0 Å². The van der Waals surface area contributed by atoms with Gasteiger partial charge in [-0.3, -0.25) is 0 Å². The van der Waals surface area contributed by atoms with Gasteiger partial charge in [-0.1, -0.05) is 164 Å². The van der Waals surface area contributed by atoms with Crippen LogP contribution in [-0.2, 0) is 0 Å². The molecule has 0 N–H and O–H groups in total. The predicted molar refractivity (Wildman–Crippen MR) is 179 cm³/mol. The molecular formula is C38H28OP2. The summed E-state index contributed by atoms with van der Waals surface area (Å²) in [6.45, 7) is 4.62. The lowest BCUT2D eigenvalue weighted by molar-refractivity contribution is 0.482. The molecule has 0 bridgehead atoms. The van der Waals surface area contributed by atoms with Crippen LogP contribution in [0.2, 0.25) is 0 Å². The Balaban J connectivity index is 1.43. The Morgan fingerprint density at radius 1 is 0.366 bits per heavy atom. The van der Waals surface area contributed by atoms with Crippen LogP contribution in [-0.4, -0.2) is 0 Å². The third-order valence-electron chi connectivity index (χ3n) is 7.38. The van der Waals surface area contributed by atoms with Crippen molar-refractivity contribution in [3.05, 3.63) is 175 Å². The van der Waals surface area contributed by atoms with Crippen LogP contribution in [0.5, 0.6) is 11.5 Å². The van der Waals surface area contributed by atoms with E-state index in [4.69, 9.17) is 4.74 Å². The SMILES string of the molecule is C=C1c2cccc(P(c3ccccc3)c3ccccc3)c2Oc2c1cccc2P(c1ccccc1)c1ccccc1. The van der Waals surface area contributed by atoms with Crippen molar-refractivity contribution in [3.63, 3.8) is 0 Å². The predicted octanol–water partition coefficient (Wildman–Crippen LogP) is 7.37. The number of benzene rings is 6. The van der Waals surface area contributed by atoms with E-state index < -0.39 is 15.8 Å². The van der Waals surface area contributed by atoms with Gasteiger partial charge in [0, 0.05) is 21.7 Å². The highest BCUT2D eigenvalue weighted by atomic mass is 31.1. The largest absolute Gasteiger partial charge is 0.455 e. The zero-order valence-corrected chi connectivity index (χ0v) is 24.3. The van der Waals surface area contributed by atoms with Crippen molar-refractivity contribution in [2.45, 2.75) is 0 Å². The summed E-state index contributed by atoms with van der Waals surface area (Å²) in [7, 11) is -1.68. The Kier molecular flexibility index (Phi) is 7.08. The number of rotatable bonds is 6. The molecule has 0 atom stereocenters. The lowest BCUT2D eigenvalue weighted by atomic mass is 9.95. The molecule has 0 fully saturated rings. The summed E-state index contributed by atoms with van der Waals surface area (Å²) in [4.78, 5) is 0. The number of hydrogen-bond acceptors (Lipinski definition) is 1. The molecule has 0 unspecified atom stereocenters. The van der Waals surface area contributed by atoms with Gasteiger partial charge in [0.2, 0.25) is 0 Å². The number of ether oxygens (including phenoxy) is 1. The summed E-state index contributed by atoms with van der Waals surface area (Å²) in [5, 5.41) is 7.61. The highest BCUT2D eigenvalue weighted by Crippen LogP contribution is 2.49. The summed E-state index contributed by atoms with van der Waals surface area (Å²) in [6.07, 6.45) is 0. The Bertz CT molecular complexity index is 1600. The van der Waals surface area contributed by atoms with Crippen molar-refractivity contribution in [1.82, 2.24) is 0 Å². The summed E-state index contributed by atoms with van der Waals surface area (Å²) < 4.78 is 7.13. The van der Waals surface area contributed by atoms with Gasteiger partial charge in [0.15, 0.2) is 0 Å². The van der Waals surface area contributed by atoms with Crippen LogP contribution in [0.3, 0.4) is 0 Å². The molecule has 3 heteroatoms. The monoisotopic (exact) mass is 562 g/mol. The molecule has 7 rings (SSSR count). The molecule has 1 nitrogen and oxygen atoms in total. The number of para-hydroxylation sites is 2. The molecule has 0 radical (unpaired) electrons. The molecule has 41 heavy (non-hydrogen) atoms. The maximum atomic E-state index is 7.13. The van der Waals surface area contributed by atoms with Crippen LogP contribution in [0.15, 0.2) is 164 Å². The fourth-order valence-corrected chi connectivity index (χ4v) is 10.3. The first-order chi connectivity index (χ1) is 20.3. The highest BCUT2D eigenvalue weighted by Gasteiger charge is 2.31. The quantitative estimate of drug-likeness (QED) is 0.192. The van der Waals surface area contributed by atoms with Gasteiger partial charge in [-0.15, -0.1) is 0 Å². The van der Waals surface area contributed by atoms with Crippen molar-refractivity contribution >= 4 is 53.2 Å². The molecule has 6 aromatic rings. The maximum Gasteiger partial charge on any atom is 0.143 e. The Morgan fingerprint density at radius 2 is 0.683 bits per heavy atom. The molecule has 0 saturated heterocycles. The third-order valence-corrected chi connectivity index (χ3v) is 12.3. The van der Waals surface area contributed by atoms with Gasteiger partial charge in [0.1, 0.15) is 11.5 Å². The molecule has 0 saturated carbocycles. The fraction of sp³-hybridized carbons (Fsp3) is 0. The molecule has 1 aliphatic rings. The Labute approximate surface area is 244 Å². The average Bonchev–Trinajstić information content (AvgIpc) is 3.04. The molecule has 0 aromatic heterocycles. The molecule has 196 valence electrons. The molecule has 0 spiro atoms. The van der Waals surface area contributed by atoms with Gasteiger partial charge < -0.3 is 4.74 Å². The van der Waals surface area contributed by atoms with Gasteiger partial charge in [-0.2, -0.15) is 0 Å². The van der Waals surface area contributed by atoms with Gasteiger partial charge in [-0.25, -0.2) is 0 Å². The van der Waals surface area contributed by atoms with E-state index in [1.54, 1.807) is 0 Å². The second-order valence-corrected chi connectivity index (χ2v) is 14.3. The lowest BCUT2D eigenvalue weighted by Crippen LogP contribution is -2.26. The number of hydrogen-bond donors (Lipinski definition) is 0. The van der Waals surface area contributed by atoms with E-state index in [1.807, 2.05) is 0 Å². The van der Waals surface area contributed by atoms with Crippen molar-refractivity contribution in [2.24, 2.45) is 0 Å². The van der Waals surface area contributed by atoms with Crippen molar-refractivity contribution < 1.29 is 4.74 Å². The maximum absolute atomic E-state index is 7.13. The van der Waals surface area contributed by atoms with E-state index in [2.05, 4.69) is 164 Å². The van der Waals surface area contributed by atoms with E-state index >= 15 is 0 Å². The van der Waals surface area contributed by atoms with E-state index in [9.17, 15) is 0 Å². The molecule has 6 aromatic carbocycles. The summed E-state index contributed by atoms with van der Waals surface area (Å²) >= 11 is 0. The molecule has 0 aliphatic carbocycles. The molecular weight excluding hydrogens is 534 g/mol. The fourth-order valence-electron chi connectivity index (χ4n) is 5.50. The lowest BCUT2D eigenvalue weighted by Gasteiger charge is -2.31. The zero-order chi connectivity index (χ0) is 27.6. The summed E-state index contributed by atoms with van der Waals surface area (Å²) in [6, 6.07) is 56.3. The minimum atomic E-state index is -0.842. The third kappa shape index (κ3) is 4.83. The van der Waals surface area contributed by atoms with Crippen molar-refractivity contribution in [2.75, 3.05) is 0 Å². The van der Waals surface area contributed by atoms with E-state index in [-0.39, 0.29) is 0 Å². The van der Waals surface area contributed by atoms with E-state index in [1.165, 1.54) is 31.8 Å². The first-order valence-corrected chi connectivity index (χ1v) is 16.4. The second-order valence-electron chi connectivity index (χ2n) is 9.90. The summed E-state index contributed by atoms with van der Waals surface area (Å²) in [5.74, 6) is 1.85. The van der Waals surface area contributed by atoms with Crippen molar-refractivity contribution in [3.8, 4) is 11.5 Å². The number of fused-ring (bicyclic) bond motifs is 2. The zero-order valence-electron chi connectivity index (χ0n) is 22.5. The second kappa shape index (κ2) is 11.3. The Hall–Kier alpha value is -4.28. The highest BCUT2D eigenvalue weighted by molar-refractivity contribution is 7.80. The molecule has 1 aliphatic heterocycles. The first-order valence-electron chi connectivity index (χ1n) is 13.7. The van der Waals surface area contributed by atoms with Crippen LogP contribution in [0.25, 0.3) is 5.57 Å². The average molecular weight is 563 g/mol. The van der Waals surface area contributed by atoms with Crippen LogP contribution in [0.1, 0.15) is 11.1 Å². The molecule has 1 heterocycles. The van der Waals surface area contributed by atoms with E-state index in [0.717, 1.165) is 28.2 Å². The first kappa shape index (κ1) is 25.7. The van der Waals surface area contributed by atoms with Gasteiger partial charge in [0.25, 0.3) is 0 Å². The van der Waals surface area contributed by atoms with Crippen LogP contribution in [0.4, 0.5) is 0 Å². The van der Waals surface area contributed by atoms with Gasteiger partial charge >= 0.3 is 0 Å². The van der Waals surface area contributed by atoms with Crippen LogP contribution >= 0.6 is 15.8 Å². The minimum Gasteiger partial charge on any atom is -0.455 e. The van der Waals surface area contributed by atoms with Gasteiger partial charge in [-0.05, 0) is 42.6 Å². The summed E-state index contributed by atoms with van der Waals surface area (Å²) in [5.41, 5.74) is 3.14. The minimum absolute atomic E-state index is 0.842. The van der Waals surface area contributed by atoms with Gasteiger partial charge in [0.05, 0.1) is 0 Å². The molecule has 0 amide bonds. The van der Waals surface area contributed by atoms with Crippen molar-refractivity contribution in [1.29, 1.82) is 0 Å². The van der Waals surface area contributed by atoms with Crippen LogP contribution in [0, 0.1) is 0 Å².